The van der Waals surface area contributed by atoms with Crippen molar-refractivity contribution >= 4 is 11.8 Å². The fourth-order valence-corrected chi connectivity index (χ4v) is 4.55. The Labute approximate surface area is 167 Å². The fraction of sp³-hybridized carbons (Fsp3) is 0.579. The summed E-state index contributed by atoms with van der Waals surface area (Å²) < 4.78 is 1.80. The number of hydrogen-bond acceptors (Lipinski definition) is 6. The number of aryl methyl sites for hydroxylation is 1. The largest absolute Gasteiger partial charge is 0.343 e. The van der Waals surface area contributed by atoms with E-state index in [2.05, 4.69) is 20.2 Å². The number of carbonyl (C=O) groups excluding carboxylic acids is 2. The lowest BCUT2D eigenvalue weighted by Crippen LogP contribution is -2.43. The summed E-state index contributed by atoms with van der Waals surface area (Å²) in [5.74, 6) is 0.818. The SMILES string of the molecule is CN(C(=O)CCn1cnnc1)[C@H]1C[C@H]2CCN(C(=O)c3cncc(=O)[nH]3)C[C@H]2C1. The Morgan fingerprint density at radius 1 is 1.21 bits per heavy atom. The number of likely N-dealkylation sites (tertiary alicyclic amines) is 1. The van der Waals surface area contributed by atoms with Gasteiger partial charge in [0.2, 0.25) is 5.91 Å². The molecular weight excluding hydrogens is 374 g/mol. The minimum Gasteiger partial charge on any atom is -0.343 e. The minimum atomic E-state index is -0.377. The number of piperidine rings is 1. The normalized spacial score (nSPS) is 23.6. The highest BCUT2D eigenvalue weighted by Crippen LogP contribution is 2.40. The molecule has 1 saturated heterocycles. The van der Waals surface area contributed by atoms with Gasteiger partial charge in [0.25, 0.3) is 11.5 Å². The molecule has 3 heterocycles. The highest BCUT2D eigenvalue weighted by Gasteiger charge is 2.41. The van der Waals surface area contributed by atoms with Crippen molar-refractivity contribution in [1.82, 2.24) is 34.5 Å². The molecule has 2 aromatic heterocycles. The average molecular weight is 399 g/mol. The van der Waals surface area contributed by atoms with Crippen molar-refractivity contribution in [3.8, 4) is 0 Å². The van der Waals surface area contributed by atoms with Gasteiger partial charge in [-0.3, -0.25) is 19.4 Å². The first kappa shape index (κ1) is 19.3. The lowest BCUT2D eigenvalue weighted by molar-refractivity contribution is -0.132. The third kappa shape index (κ3) is 4.20. The second kappa shape index (κ2) is 8.14. The van der Waals surface area contributed by atoms with E-state index in [-0.39, 0.29) is 29.1 Å². The lowest BCUT2D eigenvalue weighted by Gasteiger charge is -2.34. The Morgan fingerprint density at radius 2 is 1.97 bits per heavy atom. The van der Waals surface area contributed by atoms with Gasteiger partial charge in [0.1, 0.15) is 18.3 Å². The number of fused-ring (bicyclic) bond motifs is 1. The molecule has 0 spiro atoms. The van der Waals surface area contributed by atoms with Crippen molar-refractivity contribution in [3.05, 3.63) is 41.1 Å². The van der Waals surface area contributed by atoms with Gasteiger partial charge in [0, 0.05) is 39.1 Å². The highest BCUT2D eigenvalue weighted by atomic mass is 16.2. The van der Waals surface area contributed by atoms with Crippen LogP contribution in [0.2, 0.25) is 0 Å². The van der Waals surface area contributed by atoms with Crippen molar-refractivity contribution < 1.29 is 9.59 Å². The highest BCUT2D eigenvalue weighted by molar-refractivity contribution is 5.92. The Kier molecular flexibility index (Phi) is 5.41. The molecule has 154 valence electrons. The molecule has 2 aromatic rings. The van der Waals surface area contributed by atoms with E-state index in [1.807, 2.05) is 11.9 Å². The van der Waals surface area contributed by atoms with Crippen LogP contribution in [-0.2, 0) is 11.3 Å². The van der Waals surface area contributed by atoms with E-state index < -0.39 is 0 Å². The number of aromatic amines is 1. The number of nitrogens with one attached hydrogen (secondary N) is 1. The molecule has 4 rings (SSSR count). The number of carbonyl (C=O) groups is 2. The molecule has 0 aromatic carbocycles. The maximum atomic E-state index is 12.7. The predicted molar refractivity (Wildman–Crippen MR) is 103 cm³/mol. The summed E-state index contributed by atoms with van der Waals surface area (Å²) in [6, 6.07) is 0.201. The smallest absolute Gasteiger partial charge is 0.271 e. The van der Waals surface area contributed by atoms with Crippen LogP contribution >= 0.6 is 0 Å². The summed E-state index contributed by atoms with van der Waals surface area (Å²) in [7, 11) is 1.87. The molecule has 3 atom stereocenters. The molecule has 1 aliphatic carbocycles. The number of aromatic nitrogens is 5. The second-order valence-corrected chi connectivity index (χ2v) is 7.95. The average Bonchev–Trinajstić information content (AvgIpc) is 3.39. The van der Waals surface area contributed by atoms with Crippen molar-refractivity contribution in [2.45, 2.75) is 38.3 Å². The van der Waals surface area contributed by atoms with Crippen LogP contribution in [0.3, 0.4) is 0 Å². The molecule has 1 aliphatic heterocycles. The van der Waals surface area contributed by atoms with E-state index in [4.69, 9.17) is 0 Å². The first-order valence-corrected chi connectivity index (χ1v) is 9.93. The molecule has 29 heavy (non-hydrogen) atoms. The number of rotatable bonds is 5. The molecule has 10 heteroatoms. The van der Waals surface area contributed by atoms with Crippen LogP contribution in [0, 0.1) is 11.8 Å². The van der Waals surface area contributed by atoms with E-state index >= 15 is 0 Å². The maximum absolute atomic E-state index is 12.7. The first-order valence-electron chi connectivity index (χ1n) is 9.93. The van der Waals surface area contributed by atoms with Crippen molar-refractivity contribution in [1.29, 1.82) is 0 Å². The Bertz CT molecular complexity index is 926. The standard InChI is InChI=1S/C19H25N7O3/c1-24(18(28)3-4-25-11-21-22-12-25)15-6-13-2-5-26(10-14(13)7-15)19(29)16-8-20-9-17(27)23-16/h8-9,11-15H,2-7,10H2,1H3,(H,23,27)/t13-,14-,15+/m1/s1. The maximum Gasteiger partial charge on any atom is 0.271 e. The van der Waals surface area contributed by atoms with Crippen LogP contribution in [0.5, 0.6) is 0 Å². The van der Waals surface area contributed by atoms with Crippen molar-refractivity contribution in [2.75, 3.05) is 20.1 Å². The lowest BCUT2D eigenvalue weighted by atomic mass is 9.88. The topological polar surface area (TPSA) is 117 Å². The third-order valence-corrected chi connectivity index (χ3v) is 6.20. The quantitative estimate of drug-likeness (QED) is 0.765. The van der Waals surface area contributed by atoms with E-state index in [1.54, 1.807) is 22.1 Å². The molecule has 2 amide bonds. The van der Waals surface area contributed by atoms with Gasteiger partial charge in [-0.25, -0.2) is 0 Å². The Morgan fingerprint density at radius 3 is 2.72 bits per heavy atom. The zero-order valence-electron chi connectivity index (χ0n) is 16.4. The van der Waals surface area contributed by atoms with Crippen LogP contribution in [0.15, 0.2) is 29.8 Å². The zero-order chi connectivity index (χ0) is 20.4. The first-order chi connectivity index (χ1) is 14.0. The second-order valence-electron chi connectivity index (χ2n) is 7.95. The summed E-state index contributed by atoms with van der Waals surface area (Å²) in [5, 5.41) is 7.50. The minimum absolute atomic E-state index is 0.114. The number of hydrogen-bond donors (Lipinski definition) is 1. The number of amides is 2. The summed E-state index contributed by atoms with van der Waals surface area (Å²) in [5.41, 5.74) is -0.148. The zero-order valence-corrected chi connectivity index (χ0v) is 16.4. The summed E-state index contributed by atoms with van der Waals surface area (Å²) in [6.07, 6.45) is 8.98. The van der Waals surface area contributed by atoms with E-state index in [9.17, 15) is 14.4 Å². The molecule has 0 radical (unpaired) electrons. The molecule has 10 nitrogen and oxygen atoms in total. The van der Waals surface area contributed by atoms with Crippen LogP contribution in [-0.4, -0.2) is 72.5 Å². The van der Waals surface area contributed by atoms with Gasteiger partial charge in [-0.2, -0.15) is 0 Å². The molecule has 1 N–H and O–H groups in total. The molecule has 1 saturated carbocycles. The molecule has 0 unspecified atom stereocenters. The van der Waals surface area contributed by atoms with Crippen LogP contribution in [0.4, 0.5) is 0 Å². The number of nitrogens with zero attached hydrogens (tertiary/aromatic N) is 6. The van der Waals surface area contributed by atoms with Gasteiger partial charge in [-0.05, 0) is 31.1 Å². The van der Waals surface area contributed by atoms with Crippen molar-refractivity contribution in [3.63, 3.8) is 0 Å². The van der Waals surface area contributed by atoms with Gasteiger partial charge < -0.3 is 19.4 Å². The molecule has 0 bridgehead atoms. The van der Waals surface area contributed by atoms with Gasteiger partial charge in [0.05, 0.1) is 12.4 Å². The van der Waals surface area contributed by atoms with Crippen LogP contribution < -0.4 is 5.56 Å². The Balaban J connectivity index is 1.33. The molecule has 2 aliphatic rings. The number of H-pyrrole nitrogens is 1. The summed E-state index contributed by atoms with van der Waals surface area (Å²) in [6.45, 7) is 1.88. The van der Waals surface area contributed by atoms with E-state index in [1.165, 1.54) is 6.20 Å². The van der Waals surface area contributed by atoms with Gasteiger partial charge >= 0.3 is 0 Å². The molecular formula is C19H25N7O3. The monoisotopic (exact) mass is 399 g/mol. The van der Waals surface area contributed by atoms with Crippen molar-refractivity contribution in [2.24, 2.45) is 11.8 Å². The van der Waals surface area contributed by atoms with Crippen LogP contribution in [0.25, 0.3) is 0 Å². The van der Waals surface area contributed by atoms with Gasteiger partial charge in [0.15, 0.2) is 0 Å². The predicted octanol–water partition coefficient (Wildman–Crippen LogP) is 0.151. The Hall–Kier alpha value is -3.04. The summed E-state index contributed by atoms with van der Waals surface area (Å²) in [4.78, 5) is 46.8. The van der Waals surface area contributed by atoms with Gasteiger partial charge in [-0.15, -0.1) is 10.2 Å². The summed E-state index contributed by atoms with van der Waals surface area (Å²) >= 11 is 0. The van der Waals surface area contributed by atoms with E-state index in [0.717, 1.165) is 25.5 Å². The van der Waals surface area contributed by atoms with Gasteiger partial charge in [-0.1, -0.05) is 0 Å². The molecule has 2 fully saturated rings. The van der Waals surface area contributed by atoms with E-state index in [0.29, 0.717) is 37.9 Å². The fourth-order valence-electron chi connectivity index (χ4n) is 4.55. The van der Waals surface area contributed by atoms with Crippen LogP contribution in [0.1, 0.15) is 36.2 Å². The third-order valence-electron chi connectivity index (χ3n) is 6.20.